The van der Waals surface area contributed by atoms with E-state index in [1.165, 1.54) is 16.5 Å². The Bertz CT molecular complexity index is 887. The Morgan fingerprint density at radius 3 is 3.00 bits per heavy atom. The van der Waals surface area contributed by atoms with E-state index < -0.39 is 0 Å². The van der Waals surface area contributed by atoms with Gasteiger partial charge in [0.1, 0.15) is 5.84 Å². The Morgan fingerprint density at radius 2 is 2.22 bits per heavy atom. The minimum atomic E-state index is 0.567. The molecule has 1 aromatic carbocycles. The average Bonchev–Trinajstić information content (AvgIpc) is 3.25. The number of rotatable bonds is 3. The van der Waals surface area contributed by atoms with Crippen molar-refractivity contribution in [2.24, 2.45) is 10.7 Å². The summed E-state index contributed by atoms with van der Waals surface area (Å²) in [4.78, 5) is 8.93. The summed E-state index contributed by atoms with van der Waals surface area (Å²) in [5.41, 5.74) is 10.8. The van der Waals surface area contributed by atoms with Crippen LogP contribution in [0.4, 0.5) is 5.69 Å². The summed E-state index contributed by atoms with van der Waals surface area (Å²) < 4.78 is 0. The van der Waals surface area contributed by atoms with Crippen molar-refractivity contribution in [1.29, 1.82) is 0 Å². The molecule has 0 bridgehead atoms. The van der Waals surface area contributed by atoms with Crippen LogP contribution < -0.4 is 11.1 Å². The monoisotopic (exact) mass is 322 g/mol. The smallest absolute Gasteiger partial charge is 0.141 e. The third-order valence-corrected chi connectivity index (χ3v) is 4.99. The first-order chi connectivity index (χ1) is 11.3. The fraction of sp³-hybridized carbons (Fsp3) is 0.167. The van der Waals surface area contributed by atoms with Crippen LogP contribution in [0.25, 0.3) is 16.5 Å². The first-order valence-electron chi connectivity index (χ1n) is 7.70. The van der Waals surface area contributed by atoms with Crippen LogP contribution in [-0.4, -0.2) is 23.9 Å². The second-order valence-corrected chi connectivity index (χ2v) is 6.54. The molecule has 0 aliphatic carbocycles. The highest BCUT2D eigenvalue weighted by Crippen LogP contribution is 2.30. The molecule has 4 nitrogen and oxygen atoms in total. The van der Waals surface area contributed by atoms with Gasteiger partial charge in [-0.25, -0.2) is 4.99 Å². The maximum atomic E-state index is 6.10. The van der Waals surface area contributed by atoms with Gasteiger partial charge in [-0.15, -0.1) is 11.3 Å². The summed E-state index contributed by atoms with van der Waals surface area (Å²) in [6.07, 6.45) is 5.41. The summed E-state index contributed by atoms with van der Waals surface area (Å²) in [6, 6.07) is 10.2. The van der Waals surface area contributed by atoms with E-state index in [0.29, 0.717) is 5.84 Å². The highest BCUT2D eigenvalue weighted by molar-refractivity contribution is 7.12. The van der Waals surface area contributed by atoms with E-state index in [1.807, 2.05) is 23.6 Å². The number of amidine groups is 1. The predicted molar refractivity (Wildman–Crippen MR) is 98.5 cm³/mol. The van der Waals surface area contributed by atoms with Crippen molar-refractivity contribution in [2.45, 2.75) is 6.42 Å². The van der Waals surface area contributed by atoms with Crippen LogP contribution in [0.3, 0.4) is 0 Å². The highest BCUT2D eigenvalue weighted by Gasteiger charge is 2.11. The van der Waals surface area contributed by atoms with Crippen LogP contribution in [0.1, 0.15) is 16.9 Å². The lowest BCUT2D eigenvalue weighted by molar-refractivity contribution is 0.739. The highest BCUT2D eigenvalue weighted by atomic mass is 32.1. The third kappa shape index (κ3) is 2.81. The number of fused-ring (bicyclic) bond motifs is 1. The molecule has 2 aromatic heterocycles. The number of nitrogens with zero attached hydrogens (tertiary/aromatic N) is 1. The second-order valence-electron chi connectivity index (χ2n) is 5.59. The van der Waals surface area contributed by atoms with Crippen LogP contribution in [-0.2, 0) is 0 Å². The van der Waals surface area contributed by atoms with Gasteiger partial charge in [0.05, 0.1) is 10.6 Å². The zero-order chi connectivity index (χ0) is 15.6. The molecule has 0 atom stereocenters. The molecule has 1 aliphatic heterocycles. The van der Waals surface area contributed by atoms with Crippen LogP contribution in [0, 0.1) is 0 Å². The summed E-state index contributed by atoms with van der Waals surface area (Å²) >= 11 is 1.60. The molecule has 5 heteroatoms. The maximum Gasteiger partial charge on any atom is 0.141 e. The Balaban J connectivity index is 1.75. The number of nitrogens with two attached hydrogens (primary N) is 1. The summed E-state index contributed by atoms with van der Waals surface area (Å²) in [7, 11) is 0. The van der Waals surface area contributed by atoms with E-state index in [2.05, 4.69) is 39.7 Å². The van der Waals surface area contributed by atoms with Crippen molar-refractivity contribution in [3.8, 4) is 0 Å². The topological polar surface area (TPSA) is 66.2 Å². The molecule has 0 saturated carbocycles. The van der Waals surface area contributed by atoms with Gasteiger partial charge in [-0.05, 0) is 48.2 Å². The quantitative estimate of drug-likeness (QED) is 0.509. The predicted octanol–water partition coefficient (Wildman–Crippen LogP) is 3.64. The number of aromatic amines is 1. The van der Waals surface area contributed by atoms with Gasteiger partial charge in [0.15, 0.2) is 0 Å². The second kappa shape index (κ2) is 6.02. The molecular weight excluding hydrogens is 304 g/mol. The number of benzene rings is 1. The molecular formula is C18H18N4S. The van der Waals surface area contributed by atoms with Crippen LogP contribution in [0.15, 0.2) is 53.0 Å². The molecule has 0 spiro atoms. The Hall–Kier alpha value is -2.37. The lowest BCUT2D eigenvalue weighted by atomic mass is 9.99. The minimum Gasteiger partial charge on any atom is -0.383 e. The van der Waals surface area contributed by atoms with Gasteiger partial charge in [0.25, 0.3) is 0 Å². The van der Waals surface area contributed by atoms with Crippen molar-refractivity contribution in [3.63, 3.8) is 0 Å². The Kier molecular flexibility index (Phi) is 3.73. The van der Waals surface area contributed by atoms with Gasteiger partial charge >= 0.3 is 0 Å². The van der Waals surface area contributed by atoms with Gasteiger partial charge in [0.2, 0.25) is 0 Å². The number of aromatic nitrogens is 1. The summed E-state index contributed by atoms with van der Waals surface area (Å²) in [5.74, 6) is 0.567. The molecule has 0 amide bonds. The number of aliphatic imine (C=N–C) groups is 1. The van der Waals surface area contributed by atoms with Crippen LogP contribution >= 0.6 is 11.3 Å². The van der Waals surface area contributed by atoms with E-state index in [9.17, 15) is 0 Å². The fourth-order valence-corrected chi connectivity index (χ4v) is 3.56. The molecule has 1 aliphatic rings. The molecule has 116 valence electrons. The van der Waals surface area contributed by atoms with Gasteiger partial charge in [-0.3, -0.25) is 0 Å². The largest absolute Gasteiger partial charge is 0.383 e. The van der Waals surface area contributed by atoms with Crippen molar-refractivity contribution in [2.75, 3.05) is 13.1 Å². The van der Waals surface area contributed by atoms with Crippen molar-refractivity contribution >= 4 is 39.3 Å². The Morgan fingerprint density at radius 1 is 1.26 bits per heavy atom. The molecule has 0 saturated heterocycles. The van der Waals surface area contributed by atoms with E-state index in [-0.39, 0.29) is 0 Å². The third-order valence-electron chi connectivity index (χ3n) is 4.10. The zero-order valence-corrected chi connectivity index (χ0v) is 13.5. The van der Waals surface area contributed by atoms with E-state index in [1.54, 1.807) is 11.3 Å². The first kappa shape index (κ1) is 14.2. The van der Waals surface area contributed by atoms with Crippen molar-refractivity contribution < 1.29 is 0 Å². The van der Waals surface area contributed by atoms with E-state index in [4.69, 9.17) is 5.73 Å². The molecule has 0 radical (unpaired) electrons. The molecule has 4 N–H and O–H groups in total. The number of nitrogens with one attached hydrogen (secondary N) is 2. The molecule has 3 aromatic rings. The van der Waals surface area contributed by atoms with Gasteiger partial charge < -0.3 is 16.0 Å². The maximum absolute atomic E-state index is 6.10. The standard InChI is InChI=1S/C18H18N4S/c19-18(17-2-1-9-23-17)22-13-3-4-16-14(10-13)15(11-21-16)12-5-7-20-8-6-12/h1-5,9-11,20-21H,6-8H2,(H2,19,22). The van der Waals surface area contributed by atoms with Crippen molar-refractivity contribution in [3.05, 3.63) is 58.4 Å². The number of hydrogen-bond acceptors (Lipinski definition) is 3. The van der Waals surface area contributed by atoms with Crippen LogP contribution in [0.5, 0.6) is 0 Å². The summed E-state index contributed by atoms with van der Waals surface area (Å²) in [6.45, 7) is 1.97. The number of hydrogen-bond donors (Lipinski definition) is 3. The van der Waals surface area contributed by atoms with Gasteiger partial charge in [0, 0.05) is 29.2 Å². The summed E-state index contributed by atoms with van der Waals surface area (Å²) in [5, 5.41) is 6.57. The minimum absolute atomic E-state index is 0.567. The number of thiophene rings is 1. The normalized spacial score (nSPS) is 15.8. The van der Waals surface area contributed by atoms with Gasteiger partial charge in [-0.1, -0.05) is 12.1 Å². The molecule has 4 rings (SSSR count). The first-order valence-corrected chi connectivity index (χ1v) is 8.58. The molecule has 0 unspecified atom stereocenters. The lowest BCUT2D eigenvalue weighted by Gasteiger charge is -2.13. The average molecular weight is 322 g/mol. The SMILES string of the molecule is NC(=Nc1ccc2[nH]cc(C3=CCNCC3)c2c1)c1cccs1. The van der Waals surface area contributed by atoms with Crippen LogP contribution in [0.2, 0.25) is 0 Å². The number of H-pyrrole nitrogens is 1. The van der Waals surface area contributed by atoms with E-state index >= 15 is 0 Å². The molecule has 23 heavy (non-hydrogen) atoms. The lowest BCUT2D eigenvalue weighted by Crippen LogP contribution is -2.19. The van der Waals surface area contributed by atoms with Crippen molar-refractivity contribution in [1.82, 2.24) is 10.3 Å². The zero-order valence-electron chi connectivity index (χ0n) is 12.7. The van der Waals surface area contributed by atoms with E-state index in [0.717, 1.165) is 35.6 Å². The van der Waals surface area contributed by atoms with Gasteiger partial charge in [-0.2, -0.15) is 0 Å². The fourth-order valence-electron chi connectivity index (χ4n) is 2.93. The molecule has 3 heterocycles. The molecule has 0 fully saturated rings. The Labute approximate surface area is 138 Å².